The number of nitrogens with zero attached hydrogens (tertiary/aromatic N) is 1. The quantitative estimate of drug-likeness (QED) is 0.519. The smallest absolute Gasteiger partial charge is 0.338 e. The van der Waals surface area contributed by atoms with Gasteiger partial charge in [0, 0.05) is 13.0 Å². The van der Waals surface area contributed by atoms with Gasteiger partial charge in [0.2, 0.25) is 5.91 Å². The van der Waals surface area contributed by atoms with E-state index in [1.54, 1.807) is 38.1 Å². The van der Waals surface area contributed by atoms with Crippen molar-refractivity contribution in [1.82, 2.24) is 15.6 Å². The van der Waals surface area contributed by atoms with Crippen molar-refractivity contribution < 1.29 is 27.9 Å². The second-order valence-electron chi connectivity index (χ2n) is 6.06. The number of carbonyl (C=O) groups excluding carboxylic acids is 3. The Kier molecular flexibility index (Phi) is 8.66. The fraction of sp³-hybridized carbons (Fsp3) is 0.368. The Bertz CT molecular complexity index is 887. The molecule has 11 heteroatoms. The van der Waals surface area contributed by atoms with Crippen molar-refractivity contribution in [2.24, 2.45) is 0 Å². The van der Waals surface area contributed by atoms with Gasteiger partial charge in [-0.25, -0.2) is 23.4 Å². The Morgan fingerprint density at radius 3 is 2.50 bits per heavy atom. The Labute approximate surface area is 176 Å². The minimum Gasteiger partial charge on any atom is -0.462 e. The van der Waals surface area contributed by atoms with Crippen LogP contribution in [0.25, 0.3) is 10.4 Å². The third-order valence-electron chi connectivity index (χ3n) is 3.77. The first-order chi connectivity index (χ1) is 14.3. The molecule has 0 aliphatic carbocycles. The van der Waals surface area contributed by atoms with E-state index in [4.69, 9.17) is 4.74 Å². The monoisotopic (exact) mass is 440 g/mol. The van der Waals surface area contributed by atoms with Crippen LogP contribution in [0, 0.1) is 6.92 Å². The minimum absolute atomic E-state index is 0.00651. The van der Waals surface area contributed by atoms with E-state index in [0.717, 1.165) is 10.4 Å². The molecule has 1 aromatic heterocycles. The Morgan fingerprint density at radius 1 is 1.17 bits per heavy atom. The molecular weight excluding hydrogens is 418 g/mol. The molecule has 0 fully saturated rings. The number of anilines is 1. The average molecular weight is 440 g/mol. The van der Waals surface area contributed by atoms with Crippen LogP contribution in [-0.4, -0.2) is 49.0 Å². The van der Waals surface area contributed by atoms with Crippen LogP contribution >= 0.6 is 11.3 Å². The van der Waals surface area contributed by atoms with Crippen molar-refractivity contribution in [2.45, 2.75) is 26.7 Å². The van der Waals surface area contributed by atoms with E-state index < -0.39 is 30.9 Å². The summed E-state index contributed by atoms with van der Waals surface area (Å²) in [6.07, 6.45) is -2.73. The lowest BCUT2D eigenvalue weighted by molar-refractivity contribution is -0.121. The third-order valence-corrected chi connectivity index (χ3v) is 4.89. The van der Waals surface area contributed by atoms with Crippen LogP contribution in [0.3, 0.4) is 0 Å². The van der Waals surface area contributed by atoms with E-state index in [2.05, 4.69) is 20.9 Å². The van der Waals surface area contributed by atoms with Crippen LogP contribution in [0.2, 0.25) is 0 Å². The van der Waals surface area contributed by atoms with Crippen molar-refractivity contribution in [3.05, 3.63) is 35.5 Å². The van der Waals surface area contributed by atoms with Gasteiger partial charge >= 0.3 is 12.0 Å². The molecule has 162 valence electrons. The van der Waals surface area contributed by atoms with Crippen molar-refractivity contribution in [2.75, 3.05) is 25.0 Å². The molecule has 1 heterocycles. The van der Waals surface area contributed by atoms with E-state index in [1.165, 1.54) is 11.3 Å². The SMILES string of the molecule is CCOC(=O)c1ccc(-c2sc(NC(=O)NCCC(=O)NCC(F)F)nc2C)cc1. The Balaban J connectivity index is 1.89. The molecule has 0 spiro atoms. The number of nitrogens with one attached hydrogen (secondary N) is 3. The number of alkyl halides is 2. The van der Waals surface area contributed by atoms with Gasteiger partial charge in [0.25, 0.3) is 6.43 Å². The first-order valence-electron chi connectivity index (χ1n) is 9.14. The highest BCUT2D eigenvalue weighted by Crippen LogP contribution is 2.32. The van der Waals surface area contributed by atoms with E-state index in [0.29, 0.717) is 23.0 Å². The molecule has 0 aliphatic rings. The van der Waals surface area contributed by atoms with Crippen LogP contribution < -0.4 is 16.0 Å². The number of amides is 3. The fourth-order valence-electron chi connectivity index (χ4n) is 2.40. The lowest BCUT2D eigenvalue weighted by Crippen LogP contribution is -2.34. The molecule has 0 unspecified atom stereocenters. The predicted octanol–water partition coefficient (Wildman–Crippen LogP) is 3.19. The summed E-state index contributed by atoms with van der Waals surface area (Å²) in [6, 6.07) is 6.30. The summed E-state index contributed by atoms with van der Waals surface area (Å²) in [7, 11) is 0. The lowest BCUT2D eigenvalue weighted by atomic mass is 10.1. The second-order valence-corrected chi connectivity index (χ2v) is 7.06. The molecule has 0 saturated heterocycles. The maximum absolute atomic E-state index is 12.0. The maximum Gasteiger partial charge on any atom is 0.338 e. The molecule has 1 aromatic carbocycles. The van der Waals surface area contributed by atoms with E-state index in [-0.39, 0.29) is 13.0 Å². The van der Waals surface area contributed by atoms with Gasteiger partial charge in [0.1, 0.15) is 0 Å². The zero-order valence-corrected chi connectivity index (χ0v) is 17.3. The third kappa shape index (κ3) is 7.07. The Hall–Kier alpha value is -3.08. The molecule has 0 bridgehead atoms. The standard InChI is InChI=1S/C19H22F2N4O4S/c1-3-29-17(27)13-6-4-12(5-7-13)16-11(2)24-19(30-16)25-18(28)22-9-8-15(26)23-10-14(20)21/h4-7,14H,3,8-10H2,1-2H3,(H,23,26)(H2,22,24,25,28). The summed E-state index contributed by atoms with van der Waals surface area (Å²) < 4.78 is 29.0. The van der Waals surface area contributed by atoms with E-state index >= 15 is 0 Å². The molecule has 3 N–H and O–H groups in total. The number of aromatic nitrogens is 1. The number of rotatable bonds is 9. The molecule has 0 saturated carbocycles. The molecule has 0 radical (unpaired) electrons. The molecule has 8 nitrogen and oxygen atoms in total. The number of esters is 1. The van der Waals surface area contributed by atoms with E-state index in [9.17, 15) is 23.2 Å². The number of benzene rings is 1. The topological polar surface area (TPSA) is 109 Å². The van der Waals surface area contributed by atoms with Gasteiger partial charge in [-0.2, -0.15) is 0 Å². The molecule has 0 aliphatic heterocycles. The van der Waals surface area contributed by atoms with Gasteiger partial charge in [-0.3, -0.25) is 10.1 Å². The molecule has 3 amide bonds. The van der Waals surface area contributed by atoms with Gasteiger partial charge < -0.3 is 15.4 Å². The average Bonchev–Trinajstić information content (AvgIpc) is 3.06. The highest BCUT2D eigenvalue weighted by Gasteiger charge is 2.14. The summed E-state index contributed by atoms with van der Waals surface area (Å²) in [5, 5.41) is 7.45. The van der Waals surface area contributed by atoms with Gasteiger partial charge in [0.05, 0.1) is 29.3 Å². The van der Waals surface area contributed by atoms with Crippen molar-refractivity contribution in [1.29, 1.82) is 0 Å². The van der Waals surface area contributed by atoms with E-state index in [1.807, 2.05) is 0 Å². The number of ether oxygens (including phenoxy) is 1. The summed E-state index contributed by atoms with van der Waals surface area (Å²) in [5.74, 6) is -0.971. The fourth-order valence-corrected chi connectivity index (χ4v) is 3.37. The normalized spacial score (nSPS) is 10.6. The molecule has 2 aromatic rings. The number of aryl methyl sites for hydroxylation is 1. The van der Waals surface area contributed by atoms with Crippen LogP contribution in [0.1, 0.15) is 29.4 Å². The number of hydrogen-bond acceptors (Lipinski definition) is 6. The number of hydrogen-bond donors (Lipinski definition) is 3. The highest BCUT2D eigenvalue weighted by molar-refractivity contribution is 7.19. The highest BCUT2D eigenvalue weighted by atomic mass is 32.1. The van der Waals surface area contributed by atoms with Crippen molar-refractivity contribution >= 4 is 34.4 Å². The van der Waals surface area contributed by atoms with Crippen molar-refractivity contribution in [3.63, 3.8) is 0 Å². The first kappa shape index (κ1) is 23.2. The van der Waals surface area contributed by atoms with Gasteiger partial charge in [-0.15, -0.1) is 0 Å². The Morgan fingerprint density at radius 2 is 1.87 bits per heavy atom. The first-order valence-corrected chi connectivity index (χ1v) is 9.96. The number of halogens is 2. The second kappa shape index (κ2) is 11.2. The van der Waals surface area contributed by atoms with Gasteiger partial charge in [-0.1, -0.05) is 23.5 Å². The molecule has 2 rings (SSSR count). The summed E-state index contributed by atoms with van der Waals surface area (Å²) in [6.45, 7) is 3.10. The minimum atomic E-state index is -2.62. The summed E-state index contributed by atoms with van der Waals surface area (Å²) in [5.41, 5.74) is 1.98. The number of urea groups is 1. The maximum atomic E-state index is 12.0. The van der Waals surface area contributed by atoms with Crippen LogP contribution in [0.5, 0.6) is 0 Å². The van der Waals surface area contributed by atoms with Crippen LogP contribution in [0.15, 0.2) is 24.3 Å². The zero-order chi connectivity index (χ0) is 22.1. The van der Waals surface area contributed by atoms with Gasteiger partial charge in [-0.05, 0) is 31.5 Å². The van der Waals surface area contributed by atoms with Crippen molar-refractivity contribution in [3.8, 4) is 10.4 Å². The summed E-state index contributed by atoms with van der Waals surface area (Å²) in [4.78, 5) is 40.1. The van der Waals surface area contributed by atoms with Crippen LogP contribution in [0.4, 0.5) is 18.7 Å². The van der Waals surface area contributed by atoms with Crippen LogP contribution in [-0.2, 0) is 9.53 Å². The predicted molar refractivity (Wildman–Crippen MR) is 109 cm³/mol. The number of carbonyl (C=O) groups is 3. The molecular formula is C19H22F2N4O4S. The largest absolute Gasteiger partial charge is 0.462 e. The zero-order valence-electron chi connectivity index (χ0n) is 16.5. The number of thiazole rings is 1. The molecule has 0 atom stereocenters. The lowest BCUT2D eigenvalue weighted by Gasteiger charge is -2.06. The summed E-state index contributed by atoms with van der Waals surface area (Å²) >= 11 is 1.25. The van der Waals surface area contributed by atoms with Gasteiger partial charge in [0.15, 0.2) is 5.13 Å². The molecule has 30 heavy (non-hydrogen) atoms.